The molecule has 2 aromatic rings. The zero-order chi connectivity index (χ0) is 17.3. The van der Waals surface area contributed by atoms with Crippen LogP contribution < -0.4 is 10.5 Å². The molecule has 0 radical (unpaired) electrons. The van der Waals surface area contributed by atoms with Crippen molar-refractivity contribution in [3.8, 4) is 29.0 Å². The van der Waals surface area contributed by atoms with Crippen molar-refractivity contribution in [3.05, 3.63) is 40.0 Å². The monoisotopic (exact) mass is 340 g/mol. The number of nitriles is 2. The summed E-state index contributed by atoms with van der Waals surface area (Å²) in [7, 11) is 0. The Bertz CT molecular complexity index is 918. The fourth-order valence-electron chi connectivity index (χ4n) is 2.62. The average molecular weight is 340 g/mol. The highest BCUT2D eigenvalue weighted by Crippen LogP contribution is 2.33. The molecule has 1 heterocycles. The normalized spacial score (nSPS) is 19.0. The van der Waals surface area contributed by atoms with E-state index in [0.29, 0.717) is 29.7 Å². The highest BCUT2D eigenvalue weighted by atomic mass is 32.1. The summed E-state index contributed by atoms with van der Waals surface area (Å²) in [5.74, 6) is 0.738. The Morgan fingerprint density at radius 1 is 1.17 bits per heavy atom. The van der Waals surface area contributed by atoms with Gasteiger partial charge in [0.25, 0.3) is 0 Å². The van der Waals surface area contributed by atoms with Gasteiger partial charge in [-0.3, -0.25) is 0 Å². The number of aromatic nitrogens is 1. The molecule has 24 heavy (non-hydrogen) atoms. The van der Waals surface area contributed by atoms with Crippen molar-refractivity contribution >= 4 is 18.0 Å². The van der Waals surface area contributed by atoms with Gasteiger partial charge in [-0.1, -0.05) is 24.4 Å². The second-order valence-electron chi connectivity index (χ2n) is 5.55. The third-order valence-corrected chi connectivity index (χ3v) is 4.26. The molecule has 5 nitrogen and oxygen atoms in total. The Kier molecular flexibility index (Phi) is 4.20. The van der Waals surface area contributed by atoms with Gasteiger partial charge >= 0.3 is 0 Å². The van der Waals surface area contributed by atoms with Gasteiger partial charge in [-0.15, -0.1) is 0 Å². The smallest absolute Gasteiger partial charge is 0.123 e. The predicted octanol–water partition coefficient (Wildman–Crippen LogP) is 3.62. The average Bonchev–Trinajstić information content (AvgIpc) is 2.53. The van der Waals surface area contributed by atoms with E-state index in [0.717, 1.165) is 0 Å². The summed E-state index contributed by atoms with van der Waals surface area (Å²) in [6.45, 7) is 0. The number of anilines is 1. The van der Waals surface area contributed by atoms with E-state index in [1.165, 1.54) is 0 Å². The lowest BCUT2D eigenvalue weighted by Gasteiger charge is -2.30. The summed E-state index contributed by atoms with van der Waals surface area (Å²) < 4.78 is 18.7. The zero-order valence-corrected chi connectivity index (χ0v) is 13.4. The Labute approximate surface area is 143 Å². The molecule has 3 N–H and O–H groups in total. The highest BCUT2D eigenvalue weighted by Gasteiger charge is 2.30. The molecule has 0 atom stereocenters. The van der Waals surface area contributed by atoms with Crippen molar-refractivity contribution in [1.29, 1.82) is 10.5 Å². The first-order valence-electron chi connectivity index (χ1n) is 7.30. The van der Waals surface area contributed by atoms with Crippen molar-refractivity contribution < 1.29 is 9.13 Å². The SMILES string of the molecule is N#Cc1c(N)[nH]c(=S)c(C#N)c1-c1ccc(OC2CC(F)C2)cc1. The van der Waals surface area contributed by atoms with Crippen molar-refractivity contribution in [3.63, 3.8) is 0 Å². The quantitative estimate of drug-likeness (QED) is 0.832. The van der Waals surface area contributed by atoms with E-state index in [9.17, 15) is 14.9 Å². The van der Waals surface area contributed by atoms with Crippen LogP contribution in [0, 0.1) is 27.3 Å². The zero-order valence-electron chi connectivity index (χ0n) is 12.5. The highest BCUT2D eigenvalue weighted by molar-refractivity contribution is 7.71. The molecule has 1 saturated carbocycles. The van der Waals surface area contributed by atoms with Gasteiger partial charge < -0.3 is 15.5 Å². The molecule has 1 fully saturated rings. The molecule has 7 heteroatoms. The summed E-state index contributed by atoms with van der Waals surface area (Å²) in [4.78, 5) is 2.66. The van der Waals surface area contributed by atoms with Crippen LogP contribution in [0.4, 0.5) is 10.2 Å². The molecule has 1 aliphatic rings. The maximum atomic E-state index is 12.8. The van der Waals surface area contributed by atoms with E-state index in [-0.39, 0.29) is 27.7 Å². The lowest BCUT2D eigenvalue weighted by atomic mass is 9.93. The minimum Gasteiger partial charge on any atom is -0.490 e. The first-order chi connectivity index (χ1) is 11.5. The van der Waals surface area contributed by atoms with Gasteiger partial charge in [0.15, 0.2) is 0 Å². The van der Waals surface area contributed by atoms with E-state index in [1.54, 1.807) is 24.3 Å². The second kappa shape index (κ2) is 6.31. The molecule has 1 aromatic heterocycles. The topological polar surface area (TPSA) is 98.6 Å². The largest absolute Gasteiger partial charge is 0.490 e. The van der Waals surface area contributed by atoms with Crippen LogP contribution in [-0.4, -0.2) is 17.3 Å². The predicted molar refractivity (Wildman–Crippen MR) is 89.5 cm³/mol. The summed E-state index contributed by atoms with van der Waals surface area (Å²) in [6.07, 6.45) is -0.0666. The van der Waals surface area contributed by atoms with Crippen molar-refractivity contribution in [2.75, 3.05) is 5.73 Å². The van der Waals surface area contributed by atoms with E-state index in [2.05, 4.69) is 4.98 Å². The molecule has 0 saturated heterocycles. The van der Waals surface area contributed by atoms with Crippen LogP contribution in [0.15, 0.2) is 24.3 Å². The molecule has 0 amide bonds. The van der Waals surface area contributed by atoms with Gasteiger partial charge in [-0.2, -0.15) is 10.5 Å². The number of aromatic amines is 1. The summed E-state index contributed by atoms with van der Waals surface area (Å²) in [6, 6.07) is 10.9. The molecule has 120 valence electrons. The lowest BCUT2D eigenvalue weighted by Crippen LogP contribution is -2.34. The van der Waals surface area contributed by atoms with Gasteiger partial charge in [0.2, 0.25) is 0 Å². The first kappa shape index (κ1) is 16.0. The van der Waals surface area contributed by atoms with Gasteiger partial charge in [-0.05, 0) is 17.7 Å². The number of benzene rings is 1. The molecule has 1 aliphatic carbocycles. The number of nitrogens with one attached hydrogen (secondary N) is 1. The number of nitrogens with zero attached hydrogens (tertiary/aromatic N) is 2. The van der Waals surface area contributed by atoms with E-state index < -0.39 is 6.17 Å². The Hall–Kier alpha value is -2.90. The number of halogens is 1. The number of rotatable bonds is 3. The maximum absolute atomic E-state index is 12.8. The lowest BCUT2D eigenvalue weighted by molar-refractivity contribution is 0.0410. The summed E-state index contributed by atoms with van der Waals surface area (Å²) in [5, 5.41) is 18.7. The van der Waals surface area contributed by atoms with Crippen LogP contribution >= 0.6 is 12.2 Å². The molecular weight excluding hydrogens is 327 g/mol. The van der Waals surface area contributed by atoms with Crippen LogP contribution in [0.3, 0.4) is 0 Å². The number of nitrogen functional groups attached to an aromatic ring is 1. The number of H-pyrrole nitrogens is 1. The molecule has 0 spiro atoms. The Morgan fingerprint density at radius 2 is 1.79 bits per heavy atom. The first-order valence-corrected chi connectivity index (χ1v) is 7.71. The molecule has 1 aromatic carbocycles. The van der Waals surface area contributed by atoms with Crippen LogP contribution in [0.2, 0.25) is 0 Å². The number of hydrogen-bond acceptors (Lipinski definition) is 5. The number of hydrogen-bond donors (Lipinski definition) is 2. The van der Waals surface area contributed by atoms with Crippen molar-refractivity contribution in [2.24, 2.45) is 0 Å². The number of ether oxygens (including phenoxy) is 1. The summed E-state index contributed by atoms with van der Waals surface area (Å²) in [5.41, 5.74) is 7.23. The summed E-state index contributed by atoms with van der Waals surface area (Å²) >= 11 is 5.12. The maximum Gasteiger partial charge on any atom is 0.123 e. The van der Waals surface area contributed by atoms with Crippen LogP contribution in [-0.2, 0) is 0 Å². The number of alkyl halides is 1. The third-order valence-electron chi connectivity index (χ3n) is 3.95. The van der Waals surface area contributed by atoms with E-state index in [4.69, 9.17) is 22.7 Å². The third kappa shape index (κ3) is 2.82. The van der Waals surface area contributed by atoms with Crippen LogP contribution in [0.5, 0.6) is 5.75 Å². The minimum absolute atomic E-state index is 0.101. The second-order valence-corrected chi connectivity index (χ2v) is 5.96. The van der Waals surface area contributed by atoms with Crippen molar-refractivity contribution in [1.82, 2.24) is 4.98 Å². The van der Waals surface area contributed by atoms with Gasteiger partial charge in [0, 0.05) is 18.4 Å². The van der Waals surface area contributed by atoms with Gasteiger partial charge in [0.1, 0.15) is 46.2 Å². The molecule has 3 rings (SSSR count). The van der Waals surface area contributed by atoms with Gasteiger partial charge in [-0.25, -0.2) is 4.39 Å². The van der Waals surface area contributed by atoms with Crippen LogP contribution in [0.1, 0.15) is 24.0 Å². The Balaban J connectivity index is 1.99. The minimum atomic E-state index is -0.778. The molecular formula is C17H13FN4OS. The van der Waals surface area contributed by atoms with E-state index in [1.807, 2.05) is 12.1 Å². The van der Waals surface area contributed by atoms with Gasteiger partial charge in [0.05, 0.1) is 5.56 Å². The standard InChI is InChI=1S/C17H13FN4OS/c18-10-5-12(6-10)23-11-3-1-9(2-4-11)15-13(7-19)16(21)22-17(24)14(15)8-20/h1-4,10,12H,5-6H2,(H3,21,22,24). The number of pyridine rings is 1. The molecule has 0 bridgehead atoms. The Morgan fingerprint density at radius 3 is 2.33 bits per heavy atom. The fraction of sp³-hybridized carbons (Fsp3) is 0.235. The van der Waals surface area contributed by atoms with Crippen molar-refractivity contribution in [2.45, 2.75) is 25.1 Å². The number of nitrogens with two attached hydrogens (primary N) is 1. The molecule has 0 aliphatic heterocycles. The fourth-order valence-corrected chi connectivity index (χ4v) is 2.88. The molecule has 0 unspecified atom stereocenters. The van der Waals surface area contributed by atoms with E-state index >= 15 is 0 Å². The van der Waals surface area contributed by atoms with Crippen LogP contribution in [0.25, 0.3) is 11.1 Å².